The number of aliphatic hydroxyl groups is 1. The van der Waals surface area contributed by atoms with Crippen LogP contribution < -0.4 is 10.5 Å². The second kappa shape index (κ2) is 6.72. The summed E-state index contributed by atoms with van der Waals surface area (Å²) in [5.74, 6) is 0.448. The summed E-state index contributed by atoms with van der Waals surface area (Å²) in [5, 5.41) is 8.84. The normalized spacial score (nSPS) is 12.1. The summed E-state index contributed by atoms with van der Waals surface area (Å²) in [6, 6.07) is 4.71. The van der Waals surface area contributed by atoms with Crippen molar-refractivity contribution in [2.24, 2.45) is 5.73 Å². The van der Waals surface area contributed by atoms with Crippen LogP contribution in [0.15, 0.2) is 22.7 Å². The SMILES string of the molecule is COc1ccc(CN(C)C(=O)C(N)CO)cc1Br. The first-order chi connectivity index (χ1) is 8.49. The number of hydrogen-bond donors (Lipinski definition) is 2. The maximum atomic E-state index is 11.7. The van der Waals surface area contributed by atoms with Gasteiger partial charge in [-0.05, 0) is 33.6 Å². The van der Waals surface area contributed by atoms with Crippen LogP contribution in [0, 0.1) is 0 Å². The van der Waals surface area contributed by atoms with Crippen LogP contribution in [0.3, 0.4) is 0 Å². The van der Waals surface area contributed by atoms with Crippen LogP contribution in [0.2, 0.25) is 0 Å². The van der Waals surface area contributed by atoms with E-state index in [4.69, 9.17) is 15.6 Å². The fourth-order valence-electron chi connectivity index (χ4n) is 1.52. The number of carbonyl (C=O) groups is 1. The molecule has 0 fully saturated rings. The zero-order chi connectivity index (χ0) is 13.7. The molecule has 0 aliphatic heterocycles. The average molecular weight is 317 g/mol. The lowest BCUT2D eigenvalue weighted by atomic mass is 10.2. The van der Waals surface area contributed by atoms with Crippen molar-refractivity contribution in [1.29, 1.82) is 0 Å². The van der Waals surface area contributed by atoms with E-state index in [2.05, 4.69) is 15.9 Å². The minimum Gasteiger partial charge on any atom is -0.496 e. The Morgan fingerprint density at radius 3 is 2.78 bits per heavy atom. The third kappa shape index (κ3) is 3.69. The minimum atomic E-state index is -0.864. The molecule has 0 aliphatic carbocycles. The van der Waals surface area contributed by atoms with Gasteiger partial charge in [-0.3, -0.25) is 4.79 Å². The van der Waals surface area contributed by atoms with Gasteiger partial charge in [-0.1, -0.05) is 6.07 Å². The molecule has 1 atom stereocenters. The van der Waals surface area contributed by atoms with E-state index in [1.54, 1.807) is 14.2 Å². The van der Waals surface area contributed by atoms with Crippen LogP contribution in [0.5, 0.6) is 5.75 Å². The van der Waals surface area contributed by atoms with E-state index in [-0.39, 0.29) is 12.5 Å². The van der Waals surface area contributed by atoms with Gasteiger partial charge in [-0.2, -0.15) is 0 Å². The molecule has 1 rings (SSSR count). The van der Waals surface area contributed by atoms with E-state index in [0.717, 1.165) is 15.8 Å². The van der Waals surface area contributed by atoms with Gasteiger partial charge in [0.2, 0.25) is 5.91 Å². The van der Waals surface area contributed by atoms with Gasteiger partial charge in [-0.15, -0.1) is 0 Å². The highest BCUT2D eigenvalue weighted by Gasteiger charge is 2.17. The van der Waals surface area contributed by atoms with E-state index >= 15 is 0 Å². The van der Waals surface area contributed by atoms with E-state index in [1.807, 2.05) is 18.2 Å². The summed E-state index contributed by atoms with van der Waals surface area (Å²) in [7, 11) is 3.24. The molecule has 5 nitrogen and oxygen atoms in total. The Labute approximate surface area is 115 Å². The van der Waals surface area contributed by atoms with Gasteiger partial charge in [-0.25, -0.2) is 0 Å². The average Bonchev–Trinajstić information content (AvgIpc) is 2.37. The molecule has 6 heteroatoms. The fourth-order valence-corrected chi connectivity index (χ4v) is 2.11. The zero-order valence-corrected chi connectivity index (χ0v) is 12.0. The molecule has 18 heavy (non-hydrogen) atoms. The predicted octanol–water partition coefficient (Wildman–Crippen LogP) is 0.736. The smallest absolute Gasteiger partial charge is 0.241 e. The fraction of sp³-hybridized carbons (Fsp3) is 0.417. The van der Waals surface area contributed by atoms with Crippen LogP contribution in [0.1, 0.15) is 5.56 Å². The lowest BCUT2D eigenvalue weighted by Gasteiger charge is -2.20. The van der Waals surface area contributed by atoms with Gasteiger partial charge < -0.3 is 20.5 Å². The number of carbonyl (C=O) groups excluding carboxylic acids is 1. The Kier molecular flexibility index (Phi) is 5.58. The summed E-state index contributed by atoms with van der Waals surface area (Å²) < 4.78 is 5.96. The van der Waals surface area contributed by atoms with Crippen molar-refractivity contribution in [3.05, 3.63) is 28.2 Å². The standard InChI is InChI=1S/C12H17BrN2O3/c1-15(12(17)10(14)7-16)6-8-3-4-11(18-2)9(13)5-8/h3-5,10,16H,6-7,14H2,1-2H3. The molecule has 0 spiro atoms. The largest absolute Gasteiger partial charge is 0.496 e. The van der Waals surface area contributed by atoms with Crippen LogP contribution in [-0.4, -0.2) is 42.7 Å². The van der Waals surface area contributed by atoms with Crippen LogP contribution >= 0.6 is 15.9 Å². The molecule has 100 valence electrons. The number of methoxy groups -OCH3 is 1. The van der Waals surface area contributed by atoms with Crippen molar-refractivity contribution in [1.82, 2.24) is 4.90 Å². The first-order valence-electron chi connectivity index (χ1n) is 5.43. The summed E-state index contributed by atoms with van der Waals surface area (Å²) >= 11 is 3.38. The van der Waals surface area contributed by atoms with Gasteiger partial charge >= 0.3 is 0 Å². The Morgan fingerprint density at radius 2 is 2.28 bits per heavy atom. The molecule has 0 heterocycles. The molecule has 0 saturated heterocycles. The number of amides is 1. The van der Waals surface area contributed by atoms with E-state index in [0.29, 0.717) is 6.54 Å². The number of nitrogens with two attached hydrogens (primary N) is 1. The molecule has 3 N–H and O–H groups in total. The Hall–Kier alpha value is -1.11. The van der Waals surface area contributed by atoms with Crippen molar-refractivity contribution in [3.8, 4) is 5.75 Å². The third-order valence-electron chi connectivity index (χ3n) is 2.53. The van der Waals surface area contributed by atoms with Crippen molar-refractivity contribution in [2.75, 3.05) is 20.8 Å². The quantitative estimate of drug-likeness (QED) is 0.840. The van der Waals surface area contributed by atoms with Gasteiger partial charge in [0, 0.05) is 13.6 Å². The highest BCUT2D eigenvalue weighted by Crippen LogP contribution is 2.25. The Balaban J connectivity index is 2.73. The number of nitrogens with zero attached hydrogens (tertiary/aromatic N) is 1. The van der Waals surface area contributed by atoms with Gasteiger partial charge in [0.25, 0.3) is 0 Å². The van der Waals surface area contributed by atoms with Crippen molar-refractivity contribution < 1.29 is 14.6 Å². The van der Waals surface area contributed by atoms with Gasteiger partial charge in [0.05, 0.1) is 18.2 Å². The second-order valence-corrected chi connectivity index (χ2v) is 4.81. The molecule has 1 amide bonds. The van der Waals surface area contributed by atoms with Crippen LogP contribution in [0.4, 0.5) is 0 Å². The highest BCUT2D eigenvalue weighted by atomic mass is 79.9. The van der Waals surface area contributed by atoms with Crippen molar-refractivity contribution >= 4 is 21.8 Å². The summed E-state index contributed by atoms with van der Waals surface area (Å²) in [4.78, 5) is 13.2. The predicted molar refractivity (Wildman–Crippen MR) is 72.2 cm³/mol. The molecule has 0 aromatic heterocycles. The number of benzene rings is 1. The van der Waals surface area contributed by atoms with Crippen molar-refractivity contribution in [2.45, 2.75) is 12.6 Å². The zero-order valence-electron chi connectivity index (χ0n) is 10.4. The Bertz CT molecular complexity index is 426. The number of likely N-dealkylation sites (N-methyl/N-ethyl adjacent to an activating group) is 1. The summed E-state index contributed by atoms with van der Waals surface area (Å²) in [6.45, 7) is 0.0740. The van der Waals surface area contributed by atoms with E-state index < -0.39 is 6.04 Å². The first kappa shape index (κ1) is 14.9. The maximum Gasteiger partial charge on any atom is 0.241 e. The number of aliphatic hydroxyl groups excluding tert-OH is 1. The number of ether oxygens (including phenoxy) is 1. The molecule has 0 aliphatic rings. The lowest BCUT2D eigenvalue weighted by molar-refractivity contribution is -0.132. The molecular formula is C12H17BrN2O3. The number of halogens is 1. The molecule has 0 radical (unpaired) electrons. The van der Waals surface area contributed by atoms with Gasteiger partial charge in [0.1, 0.15) is 11.8 Å². The minimum absolute atomic E-state index is 0.288. The van der Waals surface area contributed by atoms with E-state index in [1.165, 1.54) is 4.90 Å². The summed E-state index contributed by atoms with van der Waals surface area (Å²) in [5.41, 5.74) is 6.42. The molecule has 0 saturated carbocycles. The number of hydrogen-bond acceptors (Lipinski definition) is 4. The monoisotopic (exact) mass is 316 g/mol. The highest BCUT2D eigenvalue weighted by molar-refractivity contribution is 9.10. The van der Waals surface area contributed by atoms with E-state index in [9.17, 15) is 4.79 Å². The molecular weight excluding hydrogens is 300 g/mol. The van der Waals surface area contributed by atoms with Crippen LogP contribution in [-0.2, 0) is 11.3 Å². The summed E-state index contributed by atoms with van der Waals surface area (Å²) in [6.07, 6.45) is 0. The third-order valence-corrected chi connectivity index (χ3v) is 3.15. The topological polar surface area (TPSA) is 75.8 Å². The number of rotatable bonds is 5. The lowest BCUT2D eigenvalue weighted by Crippen LogP contribution is -2.43. The Morgan fingerprint density at radius 1 is 1.61 bits per heavy atom. The molecule has 0 bridgehead atoms. The molecule has 1 aromatic rings. The van der Waals surface area contributed by atoms with Crippen molar-refractivity contribution in [3.63, 3.8) is 0 Å². The van der Waals surface area contributed by atoms with Crippen LogP contribution in [0.25, 0.3) is 0 Å². The van der Waals surface area contributed by atoms with Gasteiger partial charge in [0.15, 0.2) is 0 Å². The molecule has 1 unspecified atom stereocenters. The second-order valence-electron chi connectivity index (χ2n) is 3.95. The molecule has 1 aromatic carbocycles. The maximum absolute atomic E-state index is 11.7. The first-order valence-corrected chi connectivity index (χ1v) is 6.22.